The van der Waals surface area contributed by atoms with Crippen molar-refractivity contribution in [3.63, 3.8) is 0 Å². The van der Waals surface area contributed by atoms with Crippen LogP contribution in [-0.2, 0) is 0 Å². The van der Waals surface area contributed by atoms with Crippen LogP contribution in [0.25, 0.3) is 0 Å². The van der Waals surface area contributed by atoms with Crippen molar-refractivity contribution in [1.82, 2.24) is 5.32 Å². The highest BCUT2D eigenvalue weighted by molar-refractivity contribution is 5.89. The molecule has 5 nitrogen and oxygen atoms in total. The fourth-order valence-corrected chi connectivity index (χ4v) is 2.26. The monoisotopic (exact) mass is 314 g/mol. The fourth-order valence-electron chi connectivity index (χ4n) is 2.26. The number of amides is 2. The van der Waals surface area contributed by atoms with E-state index in [0.29, 0.717) is 5.69 Å². The molecule has 0 saturated carbocycles. The molecule has 2 N–H and O–H groups in total. The molecular weight excluding hydrogens is 292 g/mol. The third-order valence-electron chi connectivity index (χ3n) is 3.58. The van der Waals surface area contributed by atoms with E-state index < -0.39 is 0 Å². The van der Waals surface area contributed by atoms with Gasteiger partial charge in [-0.3, -0.25) is 0 Å². The summed E-state index contributed by atoms with van der Waals surface area (Å²) in [6.45, 7) is 2.03. The third-order valence-corrected chi connectivity index (χ3v) is 3.58. The average molecular weight is 314 g/mol. The molecule has 23 heavy (non-hydrogen) atoms. The van der Waals surface area contributed by atoms with Gasteiger partial charge in [0.05, 0.1) is 20.3 Å². The zero-order valence-electron chi connectivity index (χ0n) is 13.6. The lowest BCUT2D eigenvalue weighted by Gasteiger charge is -2.18. The van der Waals surface area contributed by atoms with Crippen LogP contribution in [0.1, 0.15) is 24.9 Å². The molecule has 0 saturated heterocycles. The lowest BCUT2D eigenvalue weighted by molar-refractivity contribution is 0.248. The second-order valence-electron chi connectivity index (χ2n) is 5.06. The predicted molar refractivity (Wildman–Crippen MR) is 91.2 cm³/mol. The number of hydrogen-bond donors (Lipinski definition) is 2. The number of anilines is 1. The van der Waals surface area contributed by atoms with Crippen LogP contribution in [0.4, 0.5) is 10.5 Å². The Morgan fingerprint density at radius 2 is 1.48 bits per heavy atom. The minimum atomic E-state index is -0.238. The topological polar surface area (TPSA) is 59.6 Å². The van der Waals surface area contributed by atoms with Gasteiger partial charge in [-0.25, -0.2) is 4.79 Å². The first-order valence-corrected chi connectivity index (χ1v) is 7.51. The first kappa shape index (κ1) is 16.7. The number of benzene rings is 2. The lowest BCUT2D eigenvalue weighted by Crippen LogP contribution is -2.32. The minimum absolute atomic E-state index is 0.0563. The molecule has 0 spiro atoms. The zero-order chi connectivity index (χ0) is 16.7. The Hall–Kier alpha value is -2.69. The van der Waals surface area contributed by atoms with Gasteiger partial charge in [0.2, 0.25) is 0 Å². The van der Waals surface area contributed by atoms with Crippen LogP contribution in [-0.4, -0.2) is 20.3 Å². The van der Waals surface area contributed by atoms with E-state index >= 15 is 0 Å². The van der Waals surface area contributed by atoms with Crippen molar-refractivity contribution < 1.29 is 14.3 Å². The van der Waals surface area contributed by atoms with Gasteiger partial charge in [0.1, 0.15) is 11.5 Å². The van der Waals surface area contributed by atoms with Crippen LogP contribution in [0.2, 0.25) is 0 Å². The third kappa shape index (κ3) is 4.64. The van der Waals surface area contributed by atoms with E-state index in [9.17, 15) is 4.79 Å². The summed E-state index contributed by atoms with van der Waals surface area (Å²) < 4.78 is 10.2. The Morgan fingerprint density at radius 3 is 1.96 bits per heavy atom. The average Bonchev–Trinajstić information content (AvgIpc) is 2.60. The van der Waals surface area contributed by atoms with E-state index in [0.717, 1.165) is 23.5 Å². The highest BCUT2D eigenvalue weighted by Gasteiger charge is 2.13. The molecule has 0 heterocycles. The molecule has 0 aliphatic rings. The fraction of sp³-hybridized carbons (Fsp3) is 0.278. The van der Waals surface area contributed by atoms with E-state index in [1.165, 1.54) is 0 Å². The molecule has 0 radical (unpaired) electrons. The number of carbonyl (C=O) groups is 1. The molecule has 2 rings (SSSR count). The van der Waals surface area contributed by atoms with Crippen molar-refractivity contribution in [2.45, 2.75) is 19.4 Å². The Morgan fingerprint density at radius 1 is 0.957 bits per heavy atom. The van der Waals surface area contributed by atoms with Crippen molar-refractivity contribution in [2.75, 3.05) is 19.5 Å². The summed E-state index contributed by atoms with van der Waals surface area (Å²) in [5.41, 5.74) is 1.76. The number of hydrogen-bond acceptors (Lipinski definition) is 3. The van der Waals surface area contributed by atoms with Gasteiger partial charge in [-0.1, -0.05) is 19.1 Å². The summed E-state index contributed by atoms with van der Waals surface area (Å²) in [6, 6.07) is 14.6. The van der Waals surface area contributed by atoms with Crippen molar-refractivity contribution in [3.05, 3.63) is 54.1 Å². The largest absolute Gasteiger partial charge is 0.497 e. The van der Waals surface area contributed by atoms with Gasteiger partial charge >= 0.3 is 6.03 Å². The standard InChI is InChI=1S/C18H22N2O3/c1-4-17(13-5-9-15(22-2)10-6-13)20-18(21)19-14-7-11-16(23-3)12-8-14/h5-12,17H,4H2,1-3H3,(H2,19,20,21). The first-order chi connectivity index (χ1) is 11.2. The van der Waals surface area contributed by atoms with Gasteiger partial charge in [-0.2, -0.15) is 0 Å². The van der Waals surface area contributed by atoms with E-state index in [1.807, 2.05) is 31.2 Å². The zero-order valence-corrected chi connectivity index (χ0v) is 13.6. The van der Waals surface area contributed by atoms with Crippen molar-refractivity contribution in [3.8, 4) is 11.5 Å². The molecule has 5 heteroatoms. The number of nitrogens with one attached hydrogen (secondary N) is 2. The molecule has 0 aromatic heterocycles. The van der Waals surface area contributed by atoms with E-state index in [-0.39, 0.29) is 12.1 Å². The maximum Gasteiger partial charge on any atom is 0.319 e. The molecule has 2 aromatic carbocycles. The number of urea groups is 1. The van der Waals surface area contributed by atoms with Crippen LogP contribution in [0.5, 0.6) is 11.5 Å². The van der Waals surface area contributed by atoms with Crippen LogP contribution < -0.4 is 20.1 Å². The van der Waals surface area contributed by atoms with Crippen LogP contribution in [0.15, 0.2) is 48.5 Å². The van der Waals surface area contributed by atoms with E-state index in [4.69, 9.17) is 9.47 Å². The quantitative estimate of drug-likeness (QED) is 0.848. The number of rotatable bonds is 6. The molecule has 1 unspecified atom stereocenters. The number of carbonyl (C=O) groups excluding carboxylic acids is 1. The normalized spacial score (nSPS) is 11.4. The summed E-state index contributed by atoms with van der Waals surface area (Å²) in [5.74, 6) is 1.55. The molecule has 1 atom stereocenters. The summed E-state index contributed by atoms with van der Waals surface area (Å²) in [6.07, 6.45) is 0.794. The minimum Gasteiger partial charge on any atom is -0.497 e. The molecule has 0 bridgehead atoms. The van der Waals surface area contributed by atoms with Gasteiger partial charge < -0.3 is 20.1 Å². The van der Waals surface area contributed by atoms with Gasteiger partial charge in [0.25, 0.3) is 0 Å². The highest BCUT2D eigenvalue weighted by atomic mass is 16.5. The Bertz CT molecular complexity index is 624. The van der Waals surface area contributed by atoms with Crippen LogP contribution in [0.3, 0.4) is 0 Å². The summed E-state index contributed by atoms with van der Waals surface area (Å²) >= 11 is 0. The summed E-state index contributed by atoms with van der Waals surface area (Å²) in [4.78, 5) is 12.2. The molecular formula is C18H22N2O3. The number of methoxy groups -OCH3 is 2. The predicted octanol–water partition coefficient (Wildman–Crippen LogP) is 3.98. The Kier molecular flexibility index (Phi) is 5.86. The SMILES string of the molecule is CCC(NC(=O)Nc1ccc(OC)cc1)c1ccc(OC)cc1. The first-order valence-electron chi connectivity index (χ1n) is 7.51. The molecule has 2 amide bonds. The Labute approximate surface area is 136 Å². The van der Waals surface area contributed by atoms with Gasteiger partial charge in [-0.15, -0.1) is 0 Å². The number of ether oxygens (including phenoxy) is 2. The second kappa shape index (κ2) is 8.08. The molecule has 0 aliphatic carbocycles. The molecule has 2 aromatic rings. The maximum absolute atomic E-state index is 12.2. The van der Waals surface area contributed by atoms with Crippen LogP contribution >= 0.6 is 0 Å². The van der Waals surface area contributed by atoms with Crippen molar-refractivity contribution in [2.24, 2.45) is 0 Å². The van der Waals surface area contributed by atoms with Crippen molar-refractivity contribution >= 4 is 11.7 Å². The van der Waals surface area contributed by atoms with Gasteiger partial charge in [0.15, 0.2) is 0 Å². The second-order valence-corrected chi connectivity index (χ2v) is 5.06. The summed E-state index contributed by atoms with van der Waals surface area (Å²) in [5, 5.41) is 5.80. The Balaban J connectivity index is 1.97. The molecule has 0 fully saturated rings. The van der Waals surface area contributed by atoms with Crippen molar-refractivity contribution in [1.29, 1.82) is 0 Å². The maximum atomic E-state index is 12.2. The highest BCUT2D eigenvalue weighted by Crippen LogP contribution is 2.20. The van der Waals surface area contributed by atoms with Gasteiger partial charge in [-0.05, 0) is 48.4 Å². The lowest BCUT2D eigenvalue weighted by atomic mass is 10.0. The van der Waals surface area contributed by atoms with E-state index in [2.05, 4.69) is 10.6 Å². The van der Waals surface area contributed by atoms with Gasteiger partial charge in [0, 0.05) is 5.69 Å². The molecule has 122 valence electrons. The summed E-state index contributed by atoms with van der Waals surface area (Å²) in [7, 11) is 3.24. The van der Waals surface area contributed by atoms with E-state index in [1.54, 1.807) is 38.5 Å². The van der Waals surface area contributed by atoms with Crippen LogP contribution in [0, 0.1) is 0 Å². The smallest absolute Gasteiger partial charge is 0.319 e. The molecule has 0 aliphatic heterocycles.